The van der Waals surface area contributed by atoms with Gasteiger partial charge in [-0.3, -0.25) is 0 Å². The highest BCUT2D eigenvalue weighted by Crippen LogP contribution is 2.37. The van der Waals surface area contributed by atoms with Gasteiger partial charge in [-0.15, -0.1) is 0 Å². The van der Waals surface area contributed by atoms with E-state index in [4.69, 9.17) is 10.00 Å². The van der Waals surface area contributed by atoms with Crippen molar-refractivity contribution in [2.75, 3.05) is 25.1 Å². The highest BCUT2D eigenvalue weighted by molar-refractivity contribution is 5.67. The molecule has 1 aliphatic rings. The maximum absolute atomic E-state index is 8.84. The van der Waals surface area contributed by atoms with Crippen molar-refractivity contribution in [2.45, 2.75) is 19.8 Å². The molecule has 0 radical (unpaired) electrons. The van der Waals surface area contributed by atoms with Crippen LogP contribution < -0.4 is 9.64 Å². The lowest BCUT2D eigenvalue weighted by Crippen LogP contribution is -2.30. The van der Waals surface area contributed by atoms with Gasteiger partial charge < -0.3 is 9.64 Å². The van der Waals surface area contributed by atoms with E-state index in [2.05, 4.69) is 24.0 Å². The van der Waals surface area contributed by atoms with Gasteiger partial charge in [0.15, 0.2) is 0 Å². The number of hydrogen-bond acceptors (Lipinski definition) is 3. The first-order valence-corrected chi connectivity index (χ1v) is 5.56. The molecule has 3 nitrogen and oxygen atoms in total. The van der Waals surface area contributed by atoms with E-state index in [1.54, 1.807) is 7.11 Å². The molecule has 0 N–H and O–H groups in total. The van der Waals surface area contributed by atoms with E-state index in [9.17, 15) is 0 Å². The normalized spacial score (nSPS) is 14.2. The molecule has 84 valence electrons. The number of ether oxygens (including phenoxy) is 1. The van der Waals surface area contributed by atoms with E-state index in [1.807, 2.05) is 6.07 Å². The van der Waals surface area contributed by atoms with E-state index >= 15 is 0 Å². The lowest BCUT2D eigenvalue weighted by molar-refractivity contribution is 0.412. The zero-order chi connectivity index (χ0) is 11.5. The van der Waals surface area contributed by atoms with Crippen LogP contribution in [0, 0.1) is 18.3 Å². The van der Waals surface area contributed by atoms with Crippen molar-refractivity contribution >= 4 is 5.69 Å². The van der Waals surface area contributed by atoms with E-state index in [1.165, 1.54) is 11.1 Å². The average Bonchev–Trinajstić information content (AvgIpc) is 2.31. The number of rotatable bonds is 2. The standard InChI is InChI=1S/C13H16N2O/c1-10-5-6-12(16-2)13-11(10)4-3-8-15(13)9-7-14/h5-6H,3-4,8-9H2,1-2H3. The summed E-state index contributed by atoms with van der Waals surface area (Å²) in [5, 5.41) is 8.84. The molecule has 2 rings (SSSR count). The van der Waals surface area contributed by atoms with Crippen LogP contribution in [0.25, 0.3) is 0 Å². The largest absolute Gasteiger partial charge is 0.495 e. The SMILES string of the molecule is COc1ccc(C)c2c1N(CC#N)CCC2. The van der Waals surface area contributed by atoms with Gasteiger partial charge in [-0.2, -0.15) is 5.26 Å². The fraction of sp³-hybridized carbons (Fsp3) is 0.462. The Balaban J connectivity index is 2.52. The molecule has 0 unspecified atom stereocenters. The summed E-state index contributed by atoms with van der Waals surface area (Å²) >= 11 is 0. The number of methoxy groups -OCH3 is 1. The molecule has 1 heterocycles. The van der Waals surface area contributed by atoms with Crippen LogP contribution in [0.2, 0.25) is 0 Å². The van der Waals surface area contributed by atoms with Crippen molar-refractivity contribution in [1.82, 2.24) is 0 Å². The van der Waals surface area contributed by atoms with Gasteiger partial charge in [0.2, 0.25) is 0 Å². The smallest absolute Gasteiger partial charge is 0.142 e. The van der Waals surface area contributed by atoms with Gasteiger partial charge in [0.05, 0.1) is 18.9 Å². The molecule has 0 aromatic heterocycles. The Morgan fingerprint density at radius 3 is 3.00 bits per heavy atom. The van der Waals surface area contributed by atoms with Crippen molar-refractivity contribution in [3.8, 4) is 11.8 Å². The van der Waals surface area contributed by atoms with Crippen molar-refractivity contribution in [3.05, 3.63) is 23.3 Å². The Kier molecular flexibility index (Phi) is 3.00. The molecule has 1 aromatic carbocycles. The third kappa shape index (κ3) is 1.71. The van der Waals surface area contributed by atoms with Gasteiger partial charge in [0.25, 0.3) is 0 Å². The van der Waals surface area contributed by atoms with Crippen LogP contribution in [0.4, 0.5) is 5.69 Å². The molecule has 1 aromatic rings. The maximum atomic E-state index is 8.84. The van der Waals surface area contributed by atoms with Crippen LogP contribution in [-0.2, 0) is 6.42 Å². The molecule has 16 heavy (non-hydrogen) atoms. The maximum Gasteiger partial charge on any atom is 0.142 e. The molecule has 0 spiro atoms. The number of aryl methyl sites for hydroxylation is 1. The van der Waals surface area contributed by atoms with E-state index in [0.717, 1.165) is 30.8 Å². The van der Waals surface area contributed by atoms with Gasteiger partial charge >= 0.3 is 0 Å². The molecular formula is C13H16N2O. The lowest BCUT2D eigenvalue weighted by atomic mass is 9.96. The summed E-state index contributed by atoms with van der Waals surface area (Å²) < 4.78 is 5.39. The van der Waals surface area contributed by atoms with Gasteiger partial charge in [0.1, 0.15) is 12.3 Å². The summed E-state index contributed by atoms with van der Waals surface area (Å²) in [6.07, 6.45) is 2.20. The summed E-state index contributed by atoms with van der Waals surface area (Å²) in [4.78, 5) is 2.12. The first-order valence-electron chi connectivity index (χ1n) is 5.56. The molecule has 3 heteroatoms. The van der Waals surface area contributed by atoms with Crippen LogP contribution in [0.1, 0.15) is 17.5 Å². The van der Waals surface area contributed by atoms with Crippen LogP contribution in [-0.4, -0.2) is 20.2 Å². The first kappa shape index (κ1) is 10.8. The van der Waals surface area contributed by atoms with Crippen molar-refractivity contribution < 1.29 is 4.74 Å². The van der Waals surface area contributed by atoms with Crippen LogP contribution in [0.5, 0.6) is 5.75 Å². The lowest BCUT2D eigenvalue weighted by Gasteiger charge is -2.31. The van der Waals surface area contributed by atoms with Gasteiger partial charge in [-0.1, -0.05) is 6.07 Å². The Bertz CT molecular complexity index is 434. The number of benzene rings is 1. The zero-order valence-corrected chi connectivity index (χ0v) is 9.79. The second-order valence-electron chi connectivity index (χ2n) is 4.10. The predicted octanol–water partition coefficient (Wildman–Crippen LogP) is 2.28. The van der Waals surface area contributed by atoms with Crippen LogP contribution in [0.3, 0.4) is 0 Å². The molecule has 0 bridgehead atoms. The summed E-state index contributed by atoms with van der Waals surface area (Å²) in [7, 11) is 1.68. The Hall–Kier alpha value is -1.69. The minimum Gasteiger partial charge on any atom is -0.495 e. The topological polar surface area (TPSA) is 36.3 Å². The number of fused-ring (bicyclic) bond motifs is 1. The quantitative estimate of drug-likeness (QED) is 0.711. The molecule has 0 fully saturated rings. The molecular weight excluding hydrogens is 200 g/mol. The van der Waals surface area contributed by atoms with E-state index in [-0.39, 0.29) is 0 Å². The van der Waals surface area contributed by atoms with E-state index < -0.39 is 0 Å². The van der Waals surface area contributed by atoms with Crippen LogP contribution >= 0.6 is 0 Å². The van der Waals surface area contributed by atoms with Crippen LogP contribution in [0.15, 0.2) is 12.1 Å². The van der Waals surface area contributed by atoms with Crippen molar-refractivity contribution in [1.29, 1.82) is 5.26 Å². The minimum atomic E-state index is 0.437. The Morgan fingerprint density at radius 2 is 2.31 bits per heavy atom. The molecule has 0 atom stereocenters. The third-order valence-corrected chi connectivity index (χ3v) is 3.13. The molecule has 0 amide bonds. The Morgan fingerprint density at radius 1 is 1.50 bits per heavy atom. The average molecular weight is 216 g/mol. The second kappa shape index (κ2) is 4.44. The summed E-state index contributed by atoms with van der Waals surface area (Å²) in [6.45, 7) is 3.50. The second-order valence-corrected chi connectivity index (χ2v) is 4.10. The molecule has 1 aliphatic heterocycles. The highest BCUT2D eigenvalue weighted by atomic mass is 16.5. The summed E-state index contributed by atoms with van der Waals surface area (Å²) in [5.74, 6) is 0.885. The number of nitriles is 1. The zero-order valence-electron chi connectivity index (χ0n) is 9.79. The van der Waals surface area contributed by atoms with Gasteiger partial charge in [0, 0.05) is 6.54 Å². The Labute approximate surface area is 96.2 Å². The van der Waals surface area contributed by atoms with Gasteiger partial charge in [-0.05, 0) is 37.0 Å². The van der Waals surface area contributed by atoms with Gasteiger partial charge in [-0.25, -0.2) is 0 Å². The molecule has 0 saturated heterocycles. The predicted molar refractivity (Wildman–Crippen MR) is 63.9 cm³/mol. The number of anilines is 1. The highest BCUT2D eigenvalue weighted by Gasteiger charge is 2.21. The first-order chi connectivity index (χ1) is 7.77. The molecule has 0 aliphatic carbocycles. The number of hydrogen-bond donors (Lipinski definition) is 0. The van der Waals surface area contributed by atoms with Crippen molar-refractivity contribution in [2.24, 2.45) is 0 Å². The fourth-order valence-electron chi connectivity index (χ4n) is 2.34. The monoisotopic (exact) mass is 216 g/mol. The molecule has 0 saturated carbocycles. The van der Waals surface area contributed by atoms with E-state index in [0.29, 0.717) is 6.54 Å². The number of nitrogens with zero attached hydrogens (tertiary/aromatic N) is 2. The fourth-order valence-corrected chi connectivity index (χ4v) is 2.34. The minimum absolute atomic E-state index is 0.437. The third-order valence-electron chi connectivity index (χ3n) is 3.13. The summed E-state index contributed by atoms with van der Waals surface area (Å²) in [6, 6.07) is 6.30. The summed E-state index contributed by atoms with van der Waals surface area (Å²) in [5.41, 5.74) is 3.74. The van der Waals surface area contributed by atoms with Crippen molar-refractivity contribution in [3.63, 3.8) is 0 Å².